The number of carbonyl (C=O) groups is 2. The quantitative estimate of drug-likeness (QED) is 0.582. The highest BCUT2D eigenvalue weighted by molar-refractivity contribution is 6.27. The number of carboxylic acid groups (broad SMARTS) is 2. The summed E-state index contributed by atoms with van der Waals surface area (Å²) in [6, 6.07) is 21.1. The summed E-state index contributed by atoms with van der Waals surface area (Å²) in [4.78, 5) is 18.2. The minimum absolute atomic E-state index is 0.952. The van der Waals surface area contributed by atoms with Crippen molar-refractivity contribution in [1.29, 1.82) is 0 Å². The molecule has 5 heteroatoms. The van der Waals surface area contributed by atoms with Crippen LogP contribution in [0.5, 0.6) is 0 Å². The number of benzene rings is 2. The van der Waals surface area contributed by atoms with Crippen molar-refractivity contribution in [2.75, 3.05) is 6.54 Å². The Hall–Kier alpha value is -2.66. The van der Waals surface area contributed by atoms with Gasteiger partial charge in [0.05, 0.1) is 0 Å². The molecule has 0 atom stereocenters. The molecule has 0 aliphatic heterocycles. The molecular weight excluding hydrogens is 282 g/mol. The second-order valence-electron chi connectivity index (χ2n) is 4.51. The Morgan fingerprint density at radius 3 is 1.68 bits per heavy atom. The molecular formula is C17H19NO4. The SMILES string of the molecule is O=C(O)C(=O)O.c1ccc(CCNCc2ccccc2)cc1. The van der Waals surface area contributed by atoms with Gasteiger partial charge in [-0.25, -0.2) is 9.59 Å². The monoisotopic (exact) mass is 301 g/mol. The molecule has 116 valence electrons. The average molecular weight is 301 g/mol. The number of aliphatic carboxylic acids is 2. The highest BCUT2D eigenvalue weighted by atomic mass is 16.4. The fourth-order valence-corrected chi connectivity index (χ4v) is 1.71. The van der Waals surface area contributed by atoms with Crippen LogP contribution < -0.4 is 5.32 Å². The van der Waals surface area contributed by atoms with E-state index >= 15 is 0 Å². The lowest BCUT2D eigenvalue weighted by Gasteiger charge is -2.04. The number of rotatable bonds is 5. The second-order valence-corrected chi connectivity index (χ2v) is 4.51. The third-order valence-electron chi connectivity index (χ3n) is 2.79. The summed E-state index contributed by atoms with van der Waals surface area (Å²) in [6.45, 7) is 1.98. The fraction of sp³-hybridized carbons (Fsp3) is 0.176. The van der Waals surface area contributed by atoms with E-state index in [1.54, 1.807) is 0 Å². The zero-order chi connectivity index (χ0) is 16.2. The van der Waals surface area contributed by atoms with Gasteiger partial charge in [0.2, 0.25) is 0 Å². The predicted molar refractivity (Wildman–Crippen MR) is 83.6 cm³/mol. The van der Waals surface area contributed by atoms with Gasteiger partial charge in [-0.1, -0.05) is 60.7 Å². The Bertz CT molecular complexity index is 516. The maximum absolute atomic E-state index is 9.10. The van der Waals surface area contributed by atoms with Crippen LogP contribution in [0.2, 0.25) is 0 Å². The van der Waals surface area contributed by atoms with Crippen LogP contribution in [0, 0.1) is 0 Å². The van der Waals surface area contributed by atoms with Crippen LogP contribution in [0.3, 0.4) is 0 Å². The van der Waals surface area contributed by atoms with Crippen LogP contribution in [-0.4, -0.2) is 28.7 Å². The Morgan fingerprint density at radius 2 is 1.23 bits per heavy atom. The maximum Gasteiger partial charge on any atom is 0.414 e. The molecule has 0 bridgehead atoms. The molecule has 5 nitrogen and oxygen atoms in total. The molecule has 0 spiro atoms. The summed E-state index contributed by atoms with van der Waals surface area (Å²) >= 11 is 0. The van der Waals surface area contributed by atoms with E-state index in [1.807, 2.05) is 6.07 Å². The predicted octanol–water partition coefficient (Wildman–Crippen LogP) is 2.17. The summed E-state index contributed by atoms with van der Waals surface area (Å²) < 4.78 is 0. The Morgan fingerprint density at radius 1 is 0.773 bits per heavy atom. The summed E-state index contributed by atoms with van der Waals surface area (Å²) in [6.07, 6.45) is 1.09. The van der Waals surface area contributed by atoms with Crippen molar-refractivity contribution in [1.82, 2.24) is 5.32 Å². The maximum atomic E-state index is 9.10. The number of hydrogen-bond donors (Lipinski definition) is 3. The number of nitrogens with one attached hydrogen (secondary N) is 1. The second kappa shape index (κ2) is 10.1. The number of carboxylic acids is 2. The van der Waals surface area contributed by atoms with Crippen molar-refractivity contribution < 1.29 is 19.8 Å². The van der Waals surface area contributed by atoms with E-state index in [0.29, 0.717) is 0 Å². The molecule has 0 saturated heterocycles. The molecule has 2 rings (SSSR count). The standard InChI is InChI=1S/C15H17N.C2H2O4/c1-3-7-14(8-4-1)11-12-16-13-15-9-5-2-6-10-15;3-1(4)2(5)6/h1-10,16H,11-13H2;(H,3,4)(H,5,6). The minimum atomic E-state index is -1.82. The van der Waals surface area contributed by atoms with Crippen LogP contribution in [0.4, 0.5) is 0 Å². The molecule has 0 aliphatic rings. The van der Waals surface area contributed by atoms with E-state index in [-0.39, 0.29) is 0 Å². The summed E-state index contributed by atoms with van der Waals surface area (Å²) in [7, 11) is 0. The Labute approximate surface area is 129 Å². The van der Waals surface area contributed by atoms with E-state index in [1.165, 1.54) is 11.1 Å². The van der Waals surface area contributed by atoms with Crippen LogP contribution >= 0.6 is 0 Å². The number of hydrogen-bond acceptors (Lipinski definition) is 3. The van der Waals surface area contributed by atoms with Gasteiger partial charge in [0.1, 0.15) is 0 Å². The molecule has 2 aromatic carbocycles. The molecule has 0 aromatic heterocycles. The topological polar surface area (TPSA) is 86.6 Å². The molecule has 22 heavy (non-hydrogen) atoms. The summed E-state index contributed by atoms with van der Waals surface area (Å²) in [5.41, 5.74) is 2.73. The normalized spacial score (nSPS) is 9.45. The van der Waals surface area contributed by atoms with E-state index in [9.17, 15) is 0 Å². The van der Waals surface area contributed by atoms with Crippen LogP contribution in [0.1, 0.15) is 11.1 Å². The van der Waals surface area contributed by atoms with E-state index < -0.39 is 11.9 Å². The van der Waals surface area contributed by atoms with Gasteiger partial charge in [0.15, 0.2) is 0 Å². The van der Waals surface area contributed by atoms with Gasteiger partial charge in [0.25, 0.3) is 0 Å². The van der Waals surface area contributed by atoms with Crippen molar-refractivity contribution in [3.8, 4) is 0 Å². The van der Waals surface area contributed by atoms with Gasteiger partial charge in [-0.2, -0.15) is 0 Å². The smallest absolute Gasteiger partial charge is 0.414 e. The first-order chi connectivity index (χ1) is 10.6. The zero-order valence-corrected chi connectivity index (χ0v) is 12.1. The Balaban J connectivity index is 0.000000346. The lowest BCUT2D eigenvalue weighted by atomic mass is 10.1. The molecule has 0 heterocycles. The van der Waals surface area contributed by atoms with Gasteiger partial charge in [-0.3, -0.25) is 0 Å². The van der Waals surface area contributed by atoms with Crippen molar-refractivity contribution in [3.05, 3.63) is 71.8 Å². The summed E-state index contributed by atoms with van der Waals surface area (Å²) in [5.74, 6) is -3.65. The lowest BCUT2D eigenvalue weighted by molar-refractivity contribution is -0.159. The van der Waals surface area contributed by atoms with Gasteiger partial charge < -0.3 is 15.5 Å². The van der Waals surface area contributed by atoms with Gasteiger partial charge in [-0.15, -0.1) is 0 Å². The highest BCUT2D eigenvalue weighted by Gasteiger charge is 2.04. The lowest BCUT2D eigenvalue weighted by Crippen LogP contribution is -2.16. The van der Waals surface area contributed by atoms with Gasteiger partial charge in [-0.05, 0) is 24.1 Å². The van der Waals surface area contributed by atoms with E-state index in [2.05, 4.69) is 59.9 Å². The summed E-state index contributed by atoms with van der Waals surface area (Å²) in [5, 5.41) is 18.2. The van der Waals surface area contributed by atoms with Gasteiger partial charge in [0, 0.05) is 6.54 Å². The third-order valence-corrected chi connectivity index (χ3v) is 2.79. The fourth-order valence-electron chi connectivity index (χ4n) is 1.71. The van der Waals surface area contributed by atoms with Crippen LogP contribution in [0.25, 0.3) is 0 Å². The van der Waals surface area contributed by atoms with Crippen molar-refractivity contribution in [3.63, 3.8) is 0 Å². The average Bonchev–Trinajstić information content (AvgIpc) is 2.54. The van der Waals surface area contributed by atoms with Crippen molar-refractivity contribution >= 4 is 11.9 Å². The molecule has 0 aliphatic carbocycles. The zero-order valence-electron chi connectivity index (χ0n) is 12.1. The molecule has 2 aromatic rings. The van der Waals surface area contributed by atoms with E-state index in [4.69, 9.17) is 19.8 Å². The third kappa shape index (κ3) is 7.81. The molecule has 3 N–H and O–H groups in total. The van der Waals surface area contributed by atoms with Crippen molar-refractivity contribution in [2.45, 2.75) is 13.0 Å². The largest absolute Gasteiger partial charge is 0.473 e. The first-order valence-electron chi connectivity index (χ1n) is 6.84. The van der Waals surface area contributed by atoms with Crippen LogP contribution in [-0.2, 0) is 22.6 Å². The molecule has 0 fully saturated rings. The Kier molecular flexibility index (Phi) is 8.00. The molecule has 0 saturated carbocycles. The van der Waals surface area contributed by atoms with Crippen LogP contribution in [0.15, 0.2) is 60.7 Å². The minimum Gasteiger partial charge on any atom is -0.473 e. The van der Waals surface area contributed by atoms with Crippen molar-refractivity contribution in [2.24, 2.45) is 0 Å². The molecule has 0 unspecified atom stereocenters. The molecule has 0 amide bonds. The highest BCUT2D eigenvalue weighted by Crippen LogP contribution is 2.00. The first-order valence-corrected chi connectivity index (χ1v) is 6.84. The van der Waals surface area contributed by atoms with Gasteiger partial charge >= 0.3 is 11.9 Å². The first kappa shape index (κ1) is 17.4. The molecule has 0 radical (unpaired) electrons. The van der Waals surface area contributed by atoms with E-state index in [0.717, 1.165) is 19.5 Å².